The number of nitrogens with zero attached hydrogens (tertiary/aromatic N) is 1. The van der Waals surface area contributed by atoms with Crippen LogP contribution in [-0.2, 0) is 10.3 Å². The van der Waals surface area contributed by atoms with E-state index in [9.17, 15) is 0 Å². The molecule has 0 spiro atoms. The lowest BCUT2D eigenvalue weighted by Crippen LogP contribution is -2.31. The van der Waals surface area contributed by atoms with Crippen molar-refractivity contribution in [3.8, 4) is 0 Å². The lowest BCUT2D eigenvalue weighted by molar-refractivity contribution is -0.0117. The Morgan fingerprint density at radius 1 is 1.12 bits per heavy atom. The molecule has 2 aromatic rings. The standard InChI is InChI=1S/C21H26ClNO/c1-21(17-8-4-3-5-9-17,18-10-6-11-19(22)16-18)24-15-13-20-12-7-14-23(20)2/h3-6,8-11,16,20H,7,12-15H2,1-2H3/t20-,21?/m1/s1. The van der Waals surface area contributed by atoms with Crippen molar-refractivity contribution in [1.82, 2.24) is 4.90 Å². The molecule has 0 radical (unpaired) electrons. The molecule has 2 aromatic carbocycles. The van der Waals surface area contributed by atoms with Gasteiger partial charge in [-0.1, -0.05) is 54.1 Å². The van der Waals surface area contributed by atoms with Crippen LogP contribution in [0.4, 0.5) is 0 Å². The summed E-state index contributed by atoms with van der Waals surface area (Å²) in [5, 5.41) is 0.744. The van der Waals surface area contributed by atoms with Crippen molar-refractivity contribution in [3.05, 3.63) is 70.7 Å². The molecule has 0 N–H and O–H groups in total. The lowest BCUT2D eigenvalue weighted by atomic mass is 9.88. The molecule has 24 heavy (non-hydrogen) atoms. The minimum Gasteiger partial charge on any atom is -0.366 e. The molecule has 0 saturated carbocycles. The molecule has 0 aliphatic carbocycles. The number of hydrogen-bond acceptors (Lipinski definition) is 2. The Balaban J connectivity index is 1.80. The number of ether oxygens (including phenoxy) is 1. The molecule has 3 rings (SSSR count). The summed E-state index contributed by atoms with van der Waals surface area (Å²) in [5.74, 6) is 0. The van der Waals surface area contributed by atoms with Gasteiger partial charge in [0, 0.05) is 17.7 Å². The zero-order chi connectivity index (χ0) is 17.0. The first kappa shape index (κ1) is 17.5. The van der Waals surface area contributed by atoms with E-state index in [1.54, 1.807) is 0 Å². The van der Waals surface area contributed by atoms with E-state index in [4.69, 9.17) is 16.3 Å². The summed E-state index contributed by atoms with van der Waals surface area (Å²) in [5.41, 5.74) is 1.77. The van der Waals surface area contributed by atoms with Crippen LogP contribution in [0.25, 0.3) is 0 Å². The first-order valence-corrected chi connectivity index (χ1v) is 9.13. The second kappa shape index (κ2) is 7.69. The average Bonchev–Trinajstić information content (AvgIpc) is 3.00. The van der Waals surface area contributed by atoms with Gasteiger partial charge >= 0.3 is 0 Å². The highest BCUT2D eigenvalue weighted by molar-refractivity contribution is 6.30. The van der Waals surface area contributed by atoms with E-state index in [0.717, 1.165) is 29.2 Å². The van der Waals surface area contributed by atoms with Crippen LogP contribution in [0.5, 0.6) is 0 Å². The topological polar surface area (TPSA) is 12.5 Å². The smallest absolute Gasteiger partial charge is 0.115 e. The van der Waals surface area contributed by atoms with Gasteiger partial charge in [-0.15, -0.1) is 0 Å². The van der Waals surface area contributed by atoms with Crippen molar-refractivity contribution in [1.29, 1.82) is 0 Å². The molecule has 1 fully saturated rings. The maximum Gasteiger partial charge on any atom is 0.115 e. The molecule has 0 aromatic heterocycles. The van der Waals surface area contributed by atoms with Crippen LogP contribution in [0.3, 0.4) is 0 Å². The number of likely N-dealkylation sites (tertiary alicyclic amines) is 1. The number of halogens is 1. The van der Waals surface area contributed by atoms with Crippen LogP contribution < -0.4 is 0 Å². The summed E-state index contributed by atoms with van der Waals surface area (Å²) in [6, 6.07) is 19.1. The summed E-state index contributed by atoms with van der Waals surface area (Å²) < 4.78 is 6.48. The van der Waals surface area contributed by atoms with E-state index in [1.165, 1.54) is 19.4 Å². The van der Waals surface area contributed by atoms with Gasteiger partial charge in [-0.3, -0.25) is 0 Å². The van der Waals surface area contributed by atoms with Crippen molar-refractivity contribution >= 4 is 11.6 Å². The van der Waals surface area contributed by atoms with Gasteiger partial charge in [-0.2, -0.15) is 0 Å². The van der Waals surface area contributed by atoms with E-state index < -0.39 is 5.60 Å². The van der Waals surface area contributed by atoms with Gasteiger partial charge in [0.2, 0.25) is 0 Å². The monoisotopic (exact) mass is 343 g/mol. The third kappa shape index (κ3) is 3.83. The lowest BCUT2D eigenvalue weighted by Gasteiger charge is -2.32. The van der Waals surface area contributed by atoms with Gasteiger partial charge < -0.3 is 9.64 Å². The Hall–Kier alpha value is -1.35. The Morgan fingerprint density at radius 3 is 2.54 bits per heavy atom. The van der Waals surface area contributed by atoms with Crippen LogP contribution in [0.15, 0.2) is 54.6 Å². The van der Waals surface area contributed by atoms with E-state index >= 15 is 0 Å². The molecule has 1 aliphatic rings. The van der Waals surface area contributed by atoms with Crippen molar-refractivity contribution in [2.45, 2.75) is 37.8 Å². The zero-order valence-electron chi connectivity index (χ0n) is 14.5. The summed E-state index contributed by atoms with van der Waals surface area (Å²) in [4.78, 5) is 2.45. The van der Waals surface area contributed by atoms with Crippen molar-refractivity contribution in [2.24, 2.45) is 0 Å². The normalized spacial score (nSPS) is 20.9. The fraction of sp³-hybridized carbons (Fsp3) is 0.429. The Bertz CT molecular complexity index is 660. The van der Waals surface area contributed by atoms with Gasteiger partial charge in [-0.25, -0.2) is 0 Å². The van der Waals surface area contributed by atoms with Gasteiger partial charge in [0.05, 0.1) is 0 Å². The molecule has 1 heterocycles. The highest BCUT2D eigenvalue weighted by atomic mass is 35.5. The molecule has 1 saturated heterocycles. The predicted molar refractivity (Wildman–Crippen MR) is 101 cm³/mol. The fourth-order valence-corrected chi connectivity index (χ4v) is 3.81. The molecule has 0 bridgehead atoms. The zero-order valence-corrected chi connectivity index (χ0v) is 15.3. The van der Waals surface area contributed by atoms with E-state index in [1.807, 2.05) is 24.3 Å². The summed E-state index contributed by atoms with van der Waals surface area (Å²) in [6.45, 7) is 4.09. The highest BCUT2D eigenvalue weighted by Gasteiger charge is 2.31. The van der Waals surface area contributed by atoms with Gasteiger partial charge in [0.1, 0.15) is 5.60 Å². The number of benzene rings is 2. The molecule has 3 heteroatoms. The van der Waals surface area contributed by atoms with Crippen LogP contribution in [-0.4, -0.2) is 31.1 Å². The van der Waals surface area contributed by atoms with Crippen LogP contribution in [0.1, 0.15) is 37.3 Å². The Labute approximate surface area is 150 Å². The third-order valence-electron chi connectivity index (χ3n) is 5.21. The van der Waals surface area contributed by atoms with Crippen LogP contribution >= 0.6 is 11.6 Å². The minimum atomic E-state index is -0.483. The second-order valence-electron chi connectivity index (χ2n) is 6.82. The third-order valence-corrected chi connectivity index (χ3v) is 5.45. The molecule has 2 nitrogen and oxygen atoms in total. The van der Waals surface area contributed by atoms with E-state index in [0.29, 0.717) is 6.04 Å². The maximum atomic E-state index is 6.48. The van der Waals surface area contributed by atoms with Crippen molar-refractivity contribution < 1.29 is 4.74 Å². The van der Waals surface area contributed by atoms with Crippen molar-refractivity contribution in [2.75, 3.05) is 20.2 Å². The van der Waals surface area contributed by atoms with Gasteiger partial charge in [-0.05, 0) is 63.0 Å². The molecule has 128 valence electrons. The predicted octanol–water partition coefficient (Wildman–Crippen LogP) is 5.10. The highest BCUT2D eigenvalue weighted by Crippen LogP contribution is 2.35. The molecular weight excluding hydrogens is 318 g/mol. The first-order valence-electron chi connectivity index (χ1n) is 8.75. The van der Waals surface area contributed by atoms with E-state index in [-0.39, 0.29) is 0 Å². The quantitative estimate of drug-likeness (QED) is 0.723. The minimum absolute atomic E-state index is 0.483. The number of rotatable bonds is 6. The molecule has 2 atom stereocenters. The fourth-order valence-electron chi connectivity index (χ4n) is 3.62. The van der Waals surface area contributed by atoms with Gasteiger partial charge in [0.15, 0.2) is 0 Å². The van der Waals surface area contributed by atoms with Crippen molar-refractivity contribution in [3.63, 3.8) is 0 Å². The van der Waals surface area contributed by atoms with Crippen LogP contribution in [0.2, 0.25) is 5.02 Å². The average molecular weight is 344 g/mol. The Morgan fingerprint density at radius 2 is 1.88 bits per heavy atom. The SMILES string of the molecule is CN1CCC[C@@H]1CCOC(C)(c1ccccc1)c1cccc(Cl)c1. The first-order chi connectivity index (χ1) is 11.6. The maximum absolute atomic E-state index is 6.48. The molecule has 1 aliphatic heterocycles. The molecular formula is C21H26ClNO. The largest absolute Gasteiger partial charge is 0.366 e. The van der Waals surface area contributed by atoms with Crippen LogP contribution in [0, 0.1) is 0 Å². The molecule has 0 amide bonds. The van der Waals surface area contributed by atoms with E-state index in [2.05, 4.69) is 49.2 Å². The van der Waals surface area contributed by atoms with Gasteiger partial charge in [0.25, 0.3) is 0 Å². The number of hydrogen-bond donors (Lipinski definition) is 0. The Kier molecular flexibility index (Phi) is 5.60. The second-order valence-corrected chi connectivity index (χ2v) is 7.26. The summed E-state index contributed by atoms with van der Waals surface area (Å²) in [7, 11) is 2.21. The summed E-state index contributed by atoms with van der Waals surface area (Å²) in [6.07, 6.45) is 3.64. The molecule has 1 unspecified atom stereocenters. The summed E-state index contributed by atoms with van der Waals surface area (Å²) >= 11 is 6.23.